The van der Waals surface area contributed by atoms with Crippen LogP contribution in [0.15, 0.2) is 12.4 Å². The van der Waals surface area contributed by atoms with Gasteiger partial charge in [-0.05, 0) is 6.92 Å². The largest absolute Gasteiger partial charge is 0.478 e. The van der Waals surface area contributed by atoms with Crippen LogP contribution in [0.1, 0.15) is 23.6 Å². The van der Waals surface area contributed by atoms with Crippen molar-refractivity contribution >= 4 is 11.8 Å². The van der Waals surface area contributed by atoms with Crippen LogP contribution in [0.25, 0.3) is 0 Å². The monoisotopic (exact) mass is 186 g/mol. The zero-order chi connectivity index (χ0) is 10.0. The van der Waals surface area contributed by atoms with E-state index in [1.54, 1.807) is 0 Å². The molecule has 70 valence electrons. The zero-order valence-electron chi connectivity index (χ0n) is 6.77. The SMILES string of the molecule is CC(=O)c1cnn(C(F)C(=O)O)c1. The van der Waals surface area contributed by atoms with Crippen LogP contribution in [0.2, 0.25) is 0 Å². The summed E-state index contributed by atoms with van der Waals surface area (Å²) >= 11 is 0. The molecule has 0 aliphatic heterocycles. The summed E-state index contributed by atoms with van der Waals surface area (Å²) in [5, 5.41) is 11.7. The van der Waals surface area contributed by atoms with Crippen molar-refractivity contribution in [2.24, 2.45) is 0 Å². The van der Waals surface area contributed by atoms with Crippen molar-refractivity contribution in [2.45, 2.75) is 13.2 Å². The van der Waals surface area contributed by atoms with Gasteiger partial charge >= 0.3 is 5.97 Å². The summed E-state index contributed by atoms with van der Waals surface area (Å²) < 4.78 is 13.3. The quantitative estimate of drug-likeness (QED) is 0.703. The first-order valence-corrected chi connectivity index (χ1v) is 3.44. The molecule has 1 unspecified atom stereocenters. The first kappa shape index (κ1) is 9.37. The minimum absolute atomic E-state index is 0.184. The van der Waals surface area contributed by atoms with E-state index >= 15 is 0 Å². The standard InChI is InChI=1S/C7H7FN2O3/c1-4(11)5-2-9-10(3-5)6(8)7(12)13/h2-3,6H,1H3,(H,12,13). The molecular weight excluding hydrogens is 179 g/mol. The molecule has 0 saturated heterocycles. The van der Waals surface area contributed by atoms with Crippen molar-refractivity contribution in [1.29, 1.82) is 0 Å². The van der Waals surface area contributed by atoms with Gasteiger partial charge in [-0.2, -0.15) is 5.10 Å². The van der Waals surface area contributed by atoms with Gasteiger partial charge < -0.3 is 5.11 Å². The van der Waals surface area contributed by atoms with Gasteiger partial charge in [-0.25, -0.2) is 13.9 Å². The molecule has 1 N–H and O–H groups in total. The number of carboxylic acid groups (broad SMARTS) is 1. The molecule has 1 aromatic rings. The van der Waals surface area contributed by atoms with Gasteiger partial charge in [0.1, 0.15) is 0 Å². The molecule has 0 aliphatic carbocycles. The van der Waals surface area contributed by atoms with E-state index in [1.807, 2.05) is 0 Å². The highest BCUT2D eigenvalue weighted by Gasteiger charge is 2.19. The molecular formula is C7H7FN2O3. The number of alkyl halides is 1. The maximum atomic E-state index is 12.7. The van der Waals surface area contributed by atoms with E-state index in [4.69, 9.17) is 5.11 Å². The van der Waals surface area contributed by atoms with Crippen LogP contribution in [0.5, 0.6) is 0 Å². The molecule has 0 aromatic carbocycles. The van der Waals surface area contributed by atoms with E-state index in [1.165, 1.54) is 6.92 Å². The van der Waals surface area contributed by atoms with E-state index < -0.39 is 12.3 Å². The van der Waals surface area contributed by atoms with Crippen LogP contribution in [0, 0.1) is 0 Å². The van der Waals surface area contributed by atoms with Gasteiger partial charge in [0.2, 0.25) is 0 Å². The predicted molar refractivity (Wildman–Crippen MR) is 40.0 cm³/mol. The molecule has 1 heterocycles. The molecule has 0 fully saturated rings. The molecule has 1 aromatic heterocycles. The van der Waals surface area contributed by atoms with Crippen molar-refractivity contribution in [1.82, 2.24) is 9.78 Å². The Kier molecular flexibility index (Phi) is 2.41. The number of carboxylic acids is 1. The Morgan fingerprint density at radius 3 is 2.69 bits per heavy atom. The van der Waals surface area contributed by atoms with E-state index in [0.717, 1.165) is 12.4 Å². The molecule has 5 nitrogen and oxygen atoms in total. The summed E-state index contributed by atoms with van der Waals surface area (Å²) in [7, 11) is 0. The summed E-state index contributed by atoms with van der Waals surface area (Å²) in [5.74, 6) is -1.93. The second-order valence-corrected chi connectivity index (χ2v) is 2.44. The Morgan fingerprint density at radius 1 is 1.69 bits per heavy atom. The van der Waals surface area contributed by atoms with E-state index in [2.05, 4.69) is 5.10 Å². The van der Waals surface area contributed by atoms with Crippen LogP contribution in [0.3, 0.4) is 0 Å². The summed E-state index contributed by atoms with van der Waals surface area (Å²) in [4.78, 5) is 20.9. The first-order chi connectivity index (χ1) is 6.02. The van der Waals surface area contributed by atoms with Gasteiger partial charge in [0, 0.05) is 6.20 Å². The third kappa shape index (κ3) is 1.90. The Morgan fingerprint density at radius 2 is 2.31 bits per heavy atom. The third-order valence-electron chi connectivity index (χ3n) is 1.44. The fraction of sp³-hybridized carbons (Fsp3) is 0.286. The lowest BCUT2D eigenvalue weighted by Gasteiger charge is -2.00. The average Bonchev–Trinajstić information content (AvgIpc) is 2.50. The minimum Gasteiger partial charge on any atom is -0.478 e. The number of hydrogen-bond acceptors (Lipinski definition) is 3. The van der Waals surface area contributed by atoms with Crippen molar-refractivity contribution in [3.8, 4) is 0 Å². The highest BCUT2D eigenvalue weighted by molar-refractivity contribution is 5.93. The highest BCUT2D eigenvalue weighted by atomic mass is 19.1. The summed E-state index contributed by atoms with van der Waals surface area (Å²) in [5.41, 5.74) is 0.184. The number of halogens is 1. The summed E-state index contributed by atoms with van der Waals surface area (Å²) in [6.45, 7) is 1.29. The van der Waals surface area contributed by atoms with Crippen LogP contribution in [0.4, 0.5) is 4.39 Å². The summed E-state index contributed by atoms with van der Waals surface area (Å²) in [6.07, 6.45) is -0.0630. The molecule has 0 spiro atoms. The number of rotatable bonds is 3. The van der Waals surface area contributed by atoms with Crippen molar-refractivity contribution in [3.05, 3.63) is 18.0 Å². The lowest BCUT2D eigenvalue weighted by atomic mass is 10.3. The molecule has 0 aliphatic rings. The lowest BCUT2D eigenvalue weighted by molar-refractivity contribution is -0.146. The van der Waals surface area contributed by atoms with Gasteiger partial charge in [0.25, 0.3) is 6.30 Å². The third-order valence-corrected chi connectivity index (χ3v) is 1.44. The number of carbonyl (C=O) groups is 2. The Bertz CT molecular complexity index is 347. The maximum absolute atomic E-state index is 12.7. The van der Waals surface area contributed by atoms with Crippen LogP contribution >= 0.6 is 0 Å². The molecule has 0 saturated carbocycles. The molecule has 1 rings (SSSR count). The Hall–Kier alpha value is -1.72. The number of aliphatic carboxylic acids is 1. The van der Waals surface area contributed by atoms with Gasteiger partial charge in [-0.3, -0.25) is 4.79 Å². The van der Waals surface area contributed by atoms with Crippen molar-refractivity contribution in [3.63, 3.8) is 0 Å². The number of ketones is 1. The second kappa shape index (κ2) is 3.34. The van der Waals surface area contributed by atoms with Gasteiger partial charge in [-0.1, -0.05) is 0 Å². The normalized spacial score (nSPS) is 12.5. The van der Waals surface area contributed by atoms with E-state index in [-0.39, 0.29) is 11.3 Å². The number of hydrogen-bond donors (Lipinski definition) is 1. The predicted octanol–water partition coefficient (Wildman–Crippen LogP) is 0.638. The number of nitrogens with zero attached hydrogens (tertiary/aromatic N) is 2. The van der Waals surface area contributed by atoms with Crippen molar-refractivity contribution in [2.75, 3.05) is 0 Å². The van der Waals surface area contributed by atoms with Crippen LogP contribution in [-0.2, 0) is 4.79 Å². The second-order valence-electron chi connectivity index (χ2n) is 2.44. The maximum Gasteiger partial charge on any atom is 0.361 e. The smallest absolute Gasteiger partial charge is 0.361 e. The highest BCUT2D eigenvalue weighted by Crippen LogP contribution is 2.08. The van der Waals surface area contributed by atoms with Crippen molar-refractivity contribution < 1.29 is 19.1 Å². The number of Topliss-reactive ketones (excluding diaryl/α,β-unsaturated/α-hetero) is 1. The molecule has 0 amide bonds. The molecule has 13 heavy (non-hydrogen) atoms. The molecule has 0 radical (unpaired) electrons. The lowest BCUT2D eigenvalue weighted by Crippen LogP contribution is -2.14. The van der Waals surface area contributed by atoms with Crippen LogP contribution < -0.4 is 0 Å². The Labute approximate surface area is 72.8 Å². The van der Waals surface area contributed by atoms with Gasteiger partial charge in [-0.15, -0.1) is 0 Å². The molecule has 1 atom stereocenters. The molecule has 6 heteroatoms. The fourth-order valence-corrected chi connectivity index (χ4v) is 0.757. The Balaban J connectivity index is 2.91. The zero-order valence-corrected chi connectivity index (χ0v) is 6.77. The summed E-state index contributed by atoms with van der Waals surface area (Å²) in [6, 6.07) is 0. The molecule has 0 bridgehead atoms. The van der Waals surface area contributed by atoms with Gasteiger partial charge in [0.05, 0.1) is 11.8 Å². The number of carbonyl (C=O) groups excluding carboxylic acids is 1. The topological polar surface area (TPSA) is 72.2 Å². The van der Waals surface area contributed by atoms with Gasteiger partial charge in [0.15, 0.2) is 5.78 Å². The fourth-order valence-electron chi connectivity index (χ4n) is 0.757. The average molecular weight is 186 g/mol. The minimum atomic E-state index is -2.24. The first-order valence-electron chi connectivity index (χ1n) is 3.44. The van der Waals surface area contributed by atoms with E-state index in [0.29, 0.717) is 4.68 Å². The van der Waals surface area contributed by atoms with Crippen LogP contribution in [-0.4, -0.2) is 26.6 Å². The number of aromatic nitrogens is 2. The van der Waals surface area contributed by atoms with E-state index in [9.17, 15) is 14.0 Å².